The maximum Gasteiger partial charge on any atom is 0.230 e. The van der Waals surface area contributed by atoms with E-state index in [4.69, 9.17) is 16.3 Å². The van der Waals surface area contributed by atoms with Gasteiger partial charge in [-0.2, -0.15) is 0 Å². The van der Waals surface area contributed by atoms with Crippen molar-refractivity contribution in [2.75, 3.05) is 12.9 Å². The highest BCUT2D eigenvalue weighted by molar-refractivity contribution is 7.99. The number of rotatable bonds is 7. The summed E-state index contributed by atoms with van der Waals surface area (Å²) in [6.45, 7) is 1.90. The Morgan fingerprint density at radius 1 is 1.29 bits per heavy atom. The second kappa shape index (κ2) is 8.94. The summed E-state index contributed by atoms with van der Waals surface area (Å²) in [7, 11) is 1.60. The van der Waals surface area contributed by atoms with Crippen molar-refractivity contribution in [3.8, 4) is 5.75 Å². The Bertz CT molecular complexity index is 691. The maximum absolute atomic E-state index is 13.7. The number of ether oxygens (including phenoxy) is 1. The number of para-hydroxylation sites is 1. The number of thioether (sulfide) groups is 1. The van der Waals surface area contributed by atoms with Crippen LogP contribution in [0.4, 0.5) is 4.39 Å². The average molecular weight is 368 g/mol. The van der Waals surface area contributed by atoms with E-state index in [2.05, 4.69) is 5.32 Å². The van der Waals surface area contributed by atoms with Gasteiger partial charge in [-0.3, -0.25) is 4.79 Å². The fourth-order valence-electron chi connectivity index (χ4n) is 2.30. The van der Waals surface area contributed by atoms with Crippen LogP contribution in [-0.2, 0) is 10.5 Å². The standard InChI is InChI=1S/C18H19ClFNO2S/c1-12(13-6-3-4-9-17(13)23-2)21-18(22)11-24-10-14-15(19)7-5-8-16(14)20/h3-9,12H,10-11H2,1-2H3,(H,21,22)/t12-/m1/s1. The second-order valence-electron chi connectivity index (χ2n) is 5.22. The summed E-state index contributed by atoms with van der Waals surface area (Å²) in [4.78, 5) is 12.1. The molecule has 0 aliphatic carbocycles. The molecule has 3 nitrogen and oxygen atoms in total. The molecule has 0 aliphatic heterocycles. The number of nitrogens with one attached hydrogen (secondary N) is 1. The Balaban J connectivity index is 1.87. The van der Waals surface area contributed by atoms with E-state index < -0.39 is 0 Å². The third-order valence-electron chi connectivity index (χ3n) is 3.52. The summed E-state index contributed by atoms with van der Waals surface area (Å²) in [5.41, 5.74) is 1.34. The summed E-state index contributed by atoms with van der Waals surface area (Å²) < 4.78 is 19.0. The average Bonchev–Trinajstić information content (AvgIpc) is 2.57. The predicted octanol–water partition coefficient (Wildman–Crippen LogP) is 4.60. The van der Waals surface area contributed by atoms with Crippen molar-refractivity contribution in [2.24, 2.45) is 0 Å². The van der Waals surface area contributed by atoms with Crippen LogP contribution >= 0.6 is 23.4 Å². The first-order valence-corrected chi connectivity index (χ1v) is 8.99. The lowest BCUT2D eigenvalue weighted by Gasteiger charge is -2.17. The van der Waals surface area contributed by atoms with Crippen molar-refractivity contribution in [3.63, 3.8) is 0 Å². The van der Waals surface area contributed by atoms with E-state index in [-0.39, 0.29) is 23.5 Å². The van der Waals surface area contributed by atoms with Crippen LogP contribution < -0.4 is 10.1 Å². The van der Waals surface area contributed by atoms with Crippen molar-refractivity contribution in [1.82, 2.24) is 5.32 Å². The first kappa shape index (κ1) is 18.6. The van der Waals surface area contributed by atoms with Crippen LogP contribution in [0, 0.1) is 5.82 Å². The maximum atomic E-state index is 13.7. The zero-order chi connectivity index (χ0) is 17.5. The van der Waals surface area contributed by atoms with E-state index >= 15 is 0 Å². The normalized spacial score (nSPS) is 11.8. The van der Waals surface area contributed by atoms with Gasteiger partial charge in [0.25, 0.3) is 0 Å². The summed E-state index contributed by atoms with van der Waals surface area (Å²) >= 11 is 7.30. The van der Waals surface area contributed by atoms with Gasteiger partial charge in [0.05, 0.1) is 18.9 Å². The molecule has 0 aromatic heterocycles. The number of carbonyl (C=O) groups excluding carboxylic acids is 1. The van der Waals surface area contributed by atoms with E-state index in [1.165, 1.54) is 17.8 Å². The summed E-state index contributed by atoms with van der Waals surface area (Å²) in [6, 6.07) is 11.9. The highest BCUT2D eigenvalue weighted by Gasteiger charge is 2.14. The first-order valence-electron chi connectivity index (χ1n) is 7.45. The summed E-state index contributed by atoms with van der Waals surface area (Å²) in [5, 5.41) is 3.30. The van der Waals surface area contributed by atoms with Gasteiger partial charge in [-0.25, -0.2) is 4.39 Å². The number of hydrogen-bond donors (Lipinski definition) is 1. The van der Waals surface area contributed by atoms with E-state index in [9.17, 15) is 9.18 Å². The Hall–Kier alpha value is -1.72. The number of methoxy groups -OCH3 is 1. The van der Waals surface area contributed by atoms with Gasteiger partial charge >= 0.3 is 0 Å². The van der Waals surface area contributed by atoms with Crippen molar-refractivity contribution in [1.29, 1.82) is 0 Å². The monoisotopic (exact) mass is 367 g/mol. The SMILES string of the molecule is COc1ccccc1[C@@H](C)NC(=O)CSCc1c(F)cccc1Cl. The Labute approximate surface area is 150 Å². The van der Waals surface area contributed by atoms with Crippen LogP contribution in [0.25, 0.3) is 0 Å². The number of hydrogen-bond acceptors (Lipinski definition) is 3. The number of halogens is 2. The molecule has 0 fully saturated rings. The van der Waals surface area contributed by atoms with Crippen LogP contribution in [0.1, 0.15) is 24.1 Å². The van der Waals surface area contributed by atoms with Crippen LogP contribution in [0.15, 0.2) is 42.5 Å². The van der Waals surface area contributed by atoms with Gasteiger partial charge in [-0.05, 0) is 25.1 Å². The smallest absolute Gasteiger partial charge is 0.230 e. The third kappa shape index (κ3) is 4.89. The molecule has 1 amide bonds. The van der Waals surface area contributed by atoms with Crippen molar-refractivity contribution >= 4 is 29.3 Å². The van der Waals surface area contributed by atoms with E-state index in [0.717, 1.165) is 11.3 Å². The molecular weight excluding hydrogens is 349 g/mol. The van der Waals surface area contributed by atoms with Crippen molar-refractivity contribution in [2.45, 2.75) is 18.7 Å². The van der Waals surface area contributed by atoms with E-state index in [1.54, 1.807) is 19.2 Å². The highest BCUT2D eigenvalue weighted by atomic mass is 35.5. The number of carbonyl (C=O) groups is 1. The van der Waals surface area contributed by atoms with Gasteiger partial charge in [-0.15, -0.1) is 11.8 Å². The topological polar surface area (TPSA) is 38.3 Å². The Kier molecular flexibility index (Phi) is 6.94. The number of benzene rings is 2. The lowest BCUT2D eigenvalue weighted by molar-refractivity contribution is -0.119. The minimum Gasteiger partial charge on any atom is -0.496 e. The van der Waals surface area contributed by atoms with Crippen molar-refractivity contribution < 1.29 is 13.9 Å². The van der Waals surface area contributed by atoms with Gasteiger partial charge in [0.15, 0.2) is 0 Å². The van der Waals surface area contributed by atoms with Gasteiger partial charge in [0.2, 0.25) is 5.91 Å². The van der Waals surface area contributed by atoms with Gasteiger partial charge in [-0.1, -0.05) is 35.9 Å². The van der Waals surface area contributed by atoms with Gasteiger partial charge < -0.3 is 10.1 Å². The molecule has 0 bridgehead atoms. The molecule has 2 aromatic carbocycles. The predicted molar refractivity (Wildman–Crippen MR) is 97.1 cm³/mol. The molecule has 128 valence electrons. The first-order chi connectivity index (χ1) is 11.5. The molecule has 6 heteroatoms. The minimum atomic E-state index is -0.349. The largest absolute Gasteiger partial charge is 0.496 e. The van der Waals surface area contributed by atoms with Crippen LogP contribution in [-0.4, -0.2) is 18.8 Å². The van der Waals surface area contributed by atoms with E-state index in [1.807, 2.05) is 31.2 Å². The van der Waals surface area contributed by atoms with Crippen LogP contribution in [0.5, 0.6) is 5.75 Å². The molecule has 0 saturated carbocycles. The van der Waals surface area contributed by atoms with Crippen molar-refractivity contribution in [3.05, 3.63) is 64.4 Å². The second-order valence-corrected chi connectivity index (χ2v) is 6.62. The molecule has 0 spiro atoms. The van der Waals surface area contributed by atoms with Crippen LogP contribution in [0.3, 0.4) is 0 Å². The lowest BCUT2D eigenvalue weighted by atomic mass is 10.1. The highest BCUT2D eigenvalue weighted by Crippen LogP contribution is 2.25. The van der Waals surface area contributed by atoms with Crippen LogP contribution in [0.2, 0.25) is 5.02 Å². The molecule has 0 saturated heterocycles. The molecule has 2 rings (SSSR count). The molecule has 0 aliphatic rings. The molecule has 0 unspecified atom stereocenters. The van der Waals surface area contributed by atoms with E-state index in [0.29, 0.717) is 16.3 Å². The Morgan fingerprint density at radius 3 is 2.75 bits per heavy atom. The molecule has 1 atom stereocenters. The molecule has 24 heavy (non-hydrogen) atoms. The quantitative estimate of drug-likeness (QED) is 0.777. The fraction of sp³-hybridized carbons (Fsp3) is 0.278. The molecular formula is C18H19ClFNO2S. The lowest BCUT2D eigenvalue weighted by Crippen LogP contribution is -2.28. The molecule has 2 aromatic rings. The summed E-state index contributed by atoms with van der Waals surface area (Å²) in [5.74, 6) is 0.839. The third-order valence-corrected chi connectivity index (χ3v) is 4.84. The molecule has 1 N–H and O–H groups in total. The summed E-state index contributed by atoms with van der Waals surface area (Å²) in [6.07, 6.45) is 0. The zero-order valence-corrected chi connectivity index (χ0v) is 15.1. The van der Waals surface area contributed by atoms with Gasteiger partial charge in [0, 0.05) is 21.9 Å². The number of amides is 1. The zero-order valence-electron chi connectivity index (χ0n) is 13.5. The molecule has 0 radical (unpaired) electrons. The minimum absolute atomic E-state index is 0.120. The fourth-order valence-corrected chi connectivity index (χ4v) is 3.48. The molecule has 0 heterocycles. The van der Waals surface area contributed by atoms with Gasteiger partial charge in [0.1, 0.15) is 11.6 Å². The Morgan fingerprint density at radius 2 is 2.04 bits per heavy atom.